The number of unbranched alkanes of at least 4 members (excludes halogenated alkanes) is 3. The third-order valence-electron chi connectivity index (χ3n) is 1.68. The molecule has 0 atom stereocenters. The number of rotatable bonds is 8. The van der Waals surface area contributed by atoms with Crippen molar-refractivity contribution in [2.24, 2.45) is 0 Å². The lowest BCUT2D eigenvalue weighted by atomic mass is 10.2. The van der Waals surface area contributed by atoms with Crippen molar-refractivity contribution in [2.75, 3.05) is 11.5 Å². The van der Waals surface area contributed by atoms with Gasteiger partial charge < -0.3 is 0 Å². The predicted octanol–water partition coefficient (Wildman–Crippen LogP) is 4.08. The summed E-state index contributed by atoms with van der Waals surface area (Å²) < 4.78 is 0. The summed E-state index contributed by atoms with van der Waals surface area (Å²) in [5.74, 6) is 2.56. The van der Waals surface area contributed by atoms with Crippen molar-refractivity contribution in [3.8, 4) is 0 Å². The molecule has 0 bridgehead atoms. The van der Waals surface area contributed by atoms with E-state index in [9.17, 15) is 0 Å². The minimum absolute atomic E-state index is 1.07. The van der Waals surface area contributed by atoms with Gasteiger partial charge in [0.15, 0.2) is 0 Å². The fourth-order valence-corrected chi connectivity index (χ4v) is 1.83. The Balaban J connectivity index is 2.81. The third-order valence-corrected chi connectivity index (χ3v) is 2.84. The molecule has 0 unspecified atom stereocenters. The van der Waals surface area contributed by atoms with E-state index in [1.807, 2.05) is 11.8 Å². The molecule has 0 saturated heterocycles. The standard InChI is InChI=1S/C11H21S/c1-3-5-6-7-8-9-11-12-10-4-2/h3,5H,2,4,6-11H2,1H3. The Labute approximate surface area is 81.8 Å². The Hall–Kier alpha value is 0.0900. The van der Waals surface area contributed by atoms with Gasteiger partial charge >= 0.3 is 0 Å². The quantitative estimate of drug-likeness (QED) is 0.405. The van der Waals surface area contributed by atoms with Crippen LogP contribution in [0, 0.1) is 6.92 Å². The van der Waals surface area contributed by atoms with Crippen LogP contribution in [0.15, 0.2) is 12.2 Å². The second-order valence-corrected chi connectivity index (χ2v) is 4.11. The highest BCUT2D eigenvalue weighted by Crippen LogP contribution is 2.08. The lowest BCUT2D eigenvalue weighted by Gasteiger charge is -1.98. The summed E-state index contributed by atoms with van der Waals surface area (Å²) in [6.45, 7) is 5.90. The normalized spacial score (nSPS) is 11.2. The first kappa shape index (κ1) is 12.1. The molecule has 0 aromatic rings. The number of thioether (sulfide) groups is 1. The fourth-order valence-electron chi connectivity index (χ4n) is 1.01. The lowest BCUT2D eigenvalue weighted by molar-refractivity contribution is 0.734. The van der Waals surface area contributed by atoms with Crippen LogP contribution in [0.5, 0.6) is 0 Å². The van der Waals surface area contributed by atoms with Gasteiger partial charge in [0.1, 0.15) is 0 Å². The van der Waals surface area contributed by atoms with Crippen LogP contribution in [-0.2, 0) is 0 Å². The Morgan fingerprint density at radius 1 is 1.17 bits per heavy atom. The molecule has 0 spiro atoms. The molecule has 1 heteroatoms. The molecule has 0 fully saturated rings. The van der Waals surface area contributed by atoms with E-state index >= 15 is 0 Å². The molecule has 0 N–H and O–H groups in total. The van der Waals surface area contributed by atoms with Crippen LogP contribution in [0.25, 0.3) is 0 Å². The molecule has 0 aliphatic rings. The average molecular weight is 185 g/mol. The van der Waals surface area contributed by atoms with Crippen molar-refractivity contribution >= 4 is 11.8 Å². The molecule has 0 nitrogen and oxygen atoms in total. The van der Waals surface area contributed by atoms with Gasteiger partial charge in [-0.3, -0.25) is 0 Å². The van der Waals surface area contributed by atoms with E-state index in [1.54, 1.807) is 0 Å². The lowest BCUT2D eigenvalue weighted by Crippen LogP contribution is -1.82. The summed E-state index contributed by atoms with van der Waals surface area (Å²) in [5, 5.41) is 0. The molecular formula is C11H21S. The van der Waals surface area contributed by atoms with Crippen molar-refractivity contribution in [1.29, 1.82) is 0 Å². The van der Waals surface area contributed by atoms with Gasteiger partial charge in [0, 0.05) is 0 Å². The SMILES string of the molecule is [CH2]CCSCCCCCC=CC. The summed E-state index contributed by atoms with van der Waals surface area (Å²) in [4.78, 5) is 0. The predicted molar refractivity (Wildman–Crippen MR) is 60.6 cm³/mol. The van der Waals surface area contributed by atoms with Crippen molar-refractivity contribution in [2.45, 2.75) is 39.0 Å². The van der Waals surface area contributed by atoms with Crippen LogP contribution in [0.3, 0.4) is 0 Å². The zero-order chi connectivity index (χ0) is 9.07. The van der Waals surface area contributed by atoms with E-state index in [1.165, 1.54) is 37.2 Å². The van der Waals surface area contributed by atoms with E-state index < -0.39 is 0 Å². The van der Waals surface area contributed by atoms with Gasteiger partial charge in [-0.15, -0.1) is 0 Å². The molecule has 0 aromatic heterocycles. The smallest absolute Gasteiger partial charge is 0.00675 e. The van der Waals surface area contributed by atoms with Crippen LogP contribution < -0.4 is 0 Å². The molecule has 0 amide bonds. The number of allylic oxidation sites excluding steroid dienone is 2. The molecule has 0 aliphatic carbocycles. The van der Waals surface area contributed by atoms with Crippen molar-refractivity contribution in [1.82, 2.24) is 0 Å². The molecule has 0 aliphatic heterocycles. The molecule has 71 valence electrons. The molecule has 12 heavy (non-hydrogen) atoms. The Morgan fingerprint density at radius 3 is 2.67 bits per heavy atom. The molecule has 0 heterocycles. The average Bonchev–Trinajstić information content (AvgIpc) is 2.10. The minimum Gasteiger partial charge on any atom is -0.162 e. The maximum absolute atomic E-state index is 3.81. The van der Waals surface area contributed by atoms with Crippen molar-refractivity contribution in [3.05, 3.63) is 19.1 Å². The Kier molecular flexibility index (Phi) is 11.2. The maximum Gasteiger partial charge on any atom is -0.00675 e. The van der Waals surface area contributed by atoms with Crippen molar-refractivity contribution < 1.29 is 0 Å². The van der Waals surface area contributed by atoms with Gasteiger partial charge in [0.2, 0.25) is 0 Å². The molecule has 0 saturated carbocycles. The zero-order valence-corrected chi connectivity index (χ0v) is 9.04. The van der Waals surface area contributed by atoms with Gasteiger partial charge in [-0.1, -0.05) is 25.5 Å². The first-order valence-corrected chi connectivity index (χ1v) is 6.05. The fraction of sp³-hybridized carbons (Fsp3) is 0.727. The summed E-state index contributed by atoms with van der Waals surface area (Å²) in [7, 11) is 0. The Bertz CT molecular complexity index is 97.2. The van der Waals surface area contributed by atoms with Crippen LogP contribution in [0.4, 0.5) is 0 Å². The highest BCUT2D eigenvalue weighted by Gasteiger charge is 1.88. The molecule has 0 aromatic carbocycles. The van der Waals surface area contributed by atoms with E-state index in [-0.39, 0.29) is 0 Å². The van der Waals surface area contributed by atoms with Gasteiger partial charge in [-0.2, -0.15) is 11.8 Å². The first-order valence-electron chi connectivity index (χ1n) is 4.90. The zero-order valence-electron chi connectivity index (χ0n) is 8.22. The van der Waals surface area contributed by atoms with Crippen LogP contribution in [0.2, 0.25) is 0 Å². The molecular weight excluding hydrogens is 164 g/mol. The van der Waals surface area contributed by atoms with Gasteiger partial charge in [0.25, 0.3) is 0 Å². The molecule has 0 rings (SSSR count). The summed E-state index contributed by atoms with van der Waals surface area (Å²) in [5.41, 5.74) is 0. The van der Waals surface area contributed by atoms with E-state index in [0.29, 0.717) is 0 Å². The van der Waals surface area contributed by atoms with Crippen LogP contribution in [0.1, 0.15) is 39.0 Å². The second-order valence-electron chi connectivity index (χ2n) is 2.88. The summed E-state index contributed by atoms with van der Waals surface area (Å²) in [6.07, 6.45) is 10.8. The third kappa shape index (κ3) is 10.1. The largest absolute Gasteiger partial charge is 0.162 e. The van der Waals surface area contributed by atoms with Crippen LogP contribution >= 0.6 is 11.8 Å². The van der Waals surface area contributed by atoms with Gasteiger partial charge in [0.05, 0.1) is 0 Å². The van der Waals surface area contributed by atoms with Gasteiger partial charge in [-0.25, -0.2) is 0 Å². The summed E-state index contributed by atoms with van der Waals surface area (Å²) in [6, 6.07) is 0. The number of hydrogen-bond acceptors (Lipinski definition) is 1. The van der Waals surface area contributed by atoms with Crippen molar-refractivity contribution in [3.63, 3.8) is 0 Å². The number of hydrogen-bond donors (Lipinski definition) is 0. The maximum atomic E-state index is 3.81. The Morgan fingerprint density at radius 2 is 2.00 bits per heavy atom. The van der Waals surface area contributed by atoms with E-state index in [0.717, 1.165) is 6.42 Å². The highest BCUT2D eigenvalue weighted by molar-refractivity contribution is 7.99. The topological polar surface area (TPSA) is 0 Å². The first-order chi connectivity index (χ1) is 5.91. The van der Waals surface area contributed by atoms with E-state index in [4.69, 9.17) is 0 Å². The van der Waals surface area contributed by atoms with Gasteiger partial charge in [-0.05, 0) is 44.1 Å². The van der Waals surface area contributed by atoms with Crippen LogP contribution in [-0.4, -0.2) is 11.5 Å². The minimum atomic E-state index is 1.07. The molecule has 1 radical (unpaired) electrons. The monoisotopic (exact) mass is 185 g/mol. The van der Waals surface area contributed by atoms with E-state index in [2.05, 4.69) is 26.0 Å². The highest BCUT2D eigenvalue weighted by atomic mass is 32.2. The summed E-state index contributed by atoms with van der Waals surface area (Å²) >= 11 is 2.04. The second kappa shape index (κ2) is 11.1.